The lowest BCUT2D eigenvalue weighted by molar-refractivity contribution is 0.0760. The third kappa shape index (κ3) is 4.85. The van der Waals surface area contributed by atoms with E-state index in [2.05, 4.69) is 24.3 Å². The van der Waals surface area contributed by atoms with E-state index in [9.17, 15) is 4.79 Å². The fourth-order valence-corrected chi connectivity index (χ4v) is 2.17. The molecule has 0 bridgehead atoms. The van der Waals surface area contributed by atoms with E-state index < -0.39 is 0 Å². The number of amides is 1. The molecule has 0 radical (unpaired) electrons. The number of para-hydroxylation sites is 1. The molecule has 0 heterocycles. The van der Waals surface area contributed by atoms with Gasteiger partial charge in [0.05, 0.1) is 5.56 Å². The van der Waals surface area contributed by atoms with Gasteiger partial charge in [0, 0.05) is 25.3 Å². The Bertz CT molecular complexity index is 418. The van der Waals surface area contributed by atoms with Crippen molar-refractivity contribution in [3.05, 3.63) is 29.8 Å². The molecule has 1 rings (SSSR count). The minimum absolute atomic E-state index is 0.114. The molecule has 0 aliphatic carbocycles. The predicted molar refractivity (Wildman–Crippen MR) is 85.4 cm³/mol. The lowest BCUT2D eigenvalue weighted by atomic mass is 10.1. The van der Waals surface area contributed by atoms with Crippen LogP contribution in [0.25, 0.3) is 0 Å². The molecular formula is C16H27N3O. The van der Waals surface area contributed by atoms with Crippen molar-refractivity contribution in [2.24, 2.45) is 0 Å². The quantitative estimate of drug-likeness (QED) is 0.793. The van der Waals surface area contributed by atoms with Crippen LogP contribution in [0.3, 0.4) is 0 Å². The molecule has 112 valence electrons. The van der Waals surface area contributed by atoms with Crippen molar-refractivity contribution in [2.45, 2.75) is 20.3 Å². The summed E-state index contributed by atoms with van der Waals surface area (Å²) in [5, 5.41) is 3.25. The standard InChI is InChI=1S/C16H27N3O/c1-5-17-15-11-8-7-10-14(15)16(20)19(6-2)13-9-12-18(3)4/h7-8,10-11,17H,5-6,9,12-13H2,1-4H3. The highest BCUT2D eigenvalue weighted by Gasteiger charge is 2.16. The summed E-state index contributed by atoms with van der Waals surface area (Å²) in [6, 6.07) is 7.73. The molecule has 0 spiro atoms. The first-order valence-corrected chi connectivity index (χ1v) is 7.37. The Morgan fingerprint density at radius 3 is 2.45 bits per heavy atom. The second kappa shape index (κ2) is 8.59. The monoisotopic (exact) mass is 277 g/mol. The molecule has 0 atom stereocenters. The summed E-state index contributed by atoms with van der Waals surface area (Å²) >= 11 is 0. The van der Waals surface area contributed by atoms with Crippen LogP contribution >= 0.6 is 0 Å². The minimum Gasteiger partial charge on any atom is -0.385 e. The van der Waals surface area contributed by atoms with Gasteiger partial charge < -0.3 is 15.1 Å². The van der Waals surface area contributed by atoms with E-state index in [1.54, 1.807) is 0 Å². The average molecular weight is 277 g/mol. The van der Waals surface area contributed by atoms with Gasteiger partial charge in [-0.25, -0.2) is 0 Å². The number of rotatable bonds is 8. The van der Waals surface area contributed by atoms with Crippen LogP contribution in [-0.4, -0.2) is 56.0 Å². The Morgan fingerprint density at radius 2 is 1.85 bits per heavy atom. The summed E-state index contributed by atoms with van der Waals surface area (Å²) < 4.78 is 0. The van der Waals surface area contributed by atoms with Gasteiger partial charge in [0.2, 0.25) is 0 Å². The molecule has 0 aromatic heterocycles. The first-order chi connectivity index (χ1) is 9.60. The first-order valence-electron chi connectivity index (χ1n) is 7.37. The largest absolute Gasteiger partial charge is 0.385 e. The fraction of sp³-hybridized carbons (Fsp3) is 0.562. The van der Waals surface area contributed by atoms with E-state index in [1.165, 1.54) is 0 Å². The summed E-state index contributed by atoms with van der Waals surface area (Å²) in [5.41, 5.74) is 1.69. The highest BCUT2D eigenvalue weighted by atomic mass is 16.2. The van der Waals surface area contributed by atoms with Gasteiger partial charge in [-0.2, -0.15) is 0 Å². The van der Waals surface area contributed by atoms with Crippen LogP contribution in [-0.2, 0) is 0 Å². The third-order valence-electron chi connectivity index (χ3n) is 3.23. The van der Waals surface area contributed by atoms with E-state index in [4.69, 9.17) is 0 Å². The fourth-order valence-electron chi connectivity index (χ4n) is 2.17. The van der Waals surface area contributed by atoms with Gasteiger partial charge in [-0.15, -0.1) is 0 Å². The lowest BCUT2D eigenvalue weighted by Gasteiger charge is -2.23. The molecule has 0 aliphatic heterocycles. The summed E-state index contributed by atoms with van der Waals surface area (Å²) in [7, 11) is 4.11. The van der Waals surface area contributed by atoms with Crippen LogP contribution in [0.2, 0.25) is 0 Å². The zero-order chi connectivity index (χ0) is 15.0. The number of nitrogens with zero attached hydrogens (tertiary/aromatic N) is 2. The molecule has 4 nitrogen and oxygen atoms in total. The SMILES string of the molecule is CCNc1ccccc1C(=O)N(CC)CCCN(C)C. The maximum absolute atomic E-state index is 12.6. The van der Waals surface area contributed by atoms with Crippen LogP contribution in [0.15, 0.2) is 24.3 Å². The minimum atomic E-state index is 0.114. The highest BCUT2D eigenvalue weighted by Crippen LogP contribution is 2.17. The van der Waals surface area contributed by atoms with Crippen molar-refractivity contribution in [1.82, 2.24) is 9.80 Å². The number of anilines is 1. The molecular weight excluding hydrogens is 250 g/mol. The molecule has 0 fully saturated rings. The van der Waals surface area contributed by atoms with Crippen molar-refractivity contribution >= 4 is 11.6 Å². The normalized spacial score (nSPS) is 10.7. The van der Waals surface area contributed by atoms with Crippen molar-refractivity contribution in [1.29, 1.82) is 0 Å². The van der Waals surface area contributed by atoms with E-state index in [0.29, 0.717) is 0 Å². The third-order valence-corrected chi connectivity index (χ3v) is 3.23. The summed E-state index contributed by atoms with van der Waals surface area (Å²) in [6.07, 6.45) is 0.996. The molecule has 4 heteroatoms. The van der Waals surface area contributed by atoms with Gasteiger partial charge in [-0.3, -0.25) is 4.79 Å². The maximum atomic E-state index is 12.6. The molecule has 0 unspecified atom stereocenters. The molecule has 20 heavy (non-hydrogen) atoms. The second-order valence-electron chi connectivity index (χ2n) is 5.12. The van der Waals surface area contributed by atoms with Crippen molar-refractivity contribution in [2.75, 3.05) is 45.6 Å². The first kappa shape index (κ1) is 16.5. The molecule has 0 saturated carbocycles. The number of hydrogen-bond acceptors (Lipinski definition) is 3. The Kier molecular flexibility index (Phi) is 7.09. The average Bonchev–Trinajstić information content (AvgIpc) is 2.43. The summed E-state index contributed by atoms with van der Waals surface area (Å²) in [6.45, 7) is 7.43. The summed E-state index contributed by atoms with van der Waals surface area (Å²) in [5.74, 6) is 0.114. The van der Waals surface area contributed by atoms with Crippen LogP contribution in [0.5, 0.6) is 0 Å². The second-order valence-corrected chi connectivity index (χ2v) is 5.12. The topological polar surface area (TPSA) is 35.6 Å². The van der Waals surface area contributed by atoms with E-state index >= 15 is 0 Å². The van der Waals surface area contributed by atoms with Gasteiger partial charge in [0.1, 0.15) is 0 Å². The zero-order valence-corrected chi connectivity index (χ0v) is 13.1. The van der Waals surface area contributed by atoms with E-state index in [1.807, 2.05) is 43.0 Å². The van der Waals surface area contributed by atoms with E-state index in [-0.39, 0.29) is 5.91 Å². The molecule has 1 amide bonds. The van der Waals surface area contributed by atoms with Gasteiger partial charge in [0.25, 0.3) is 5.91 Å². The van der Waals surface area contributed by atoms with Crippen molar-refractivity contribution in [3.8, 4) is 0 Å². The van der Waals surface area contributed by atoms with Crippen LogP contribution < -0.4 is 5.32 Å². The van der Waals surface area contributed by atoms with Crippen LogP contribution in [0.1, 0.15) is 30.6 Å². The van der Waals surface area contributed by atoms with Crippen molar-refractivity contribution < 1.29 is 4.79 Å². The number of carbonyl (C=O) groups is 1. The van der Waals surface area contributed by atoms with Gasteiger partial charge in [-0.05, 0) is 53.0 Å². The maximum Gasteiger partial charge on any atom is 0.255 e. The number of nitrogens with one attached hydrogen (secondary N) is 1. The Balaban J connectivity index is 2.75. The molecule has 1 aromatic rings. The Morgan fingerprint density at radius 1 is 1.15 bits per heavy atom. The number of benzene rings is 1. The Hall–Kier alpha value is -1.55. The molecule has 0 aliphatic rings. The smallest absolute Gasteiger partial charge is 0.255 e. The summed E-state index contributed by atoms with van der Waals surface area (Å²) in [4.78, 5) is 16.7. The molecule has 1 N–H and O–H groups in total. The van der Waals surface area contributed by atoms with Gasteiger partial charge in [-0.1, -0.05) is 12.1 Å². The number of carbonyl (C=O) groups excluding carboxylic acids is 1. The van der Waals surface area contributed by atoms with Gasteiger partial charge >= 0.3 is 0 Å². The highest BCUT2D eigenvalue weighted by molar-refractivity contribution is 5.99. The zero-order valence-electron chi connectivity index (χ0n) is 13.1. The lowest BCUT2D eigenvalue weighted by Crippen LogP contribution is -2.33. The van der Waals surface area contributed by atoms with Crippen molar-refractivity contribution in [3.63, 3.8) is 0 Å². The van der Waals surface area contributed by atoms with E-state index in [0.717, 1.165) is 43.9 Å². The molecule has 0 saturated heterocycles. The Labute approximate surface area is 122 Å². The number of hydrogen-bond donors (Lipinski definition) is 1. The van der Waals surface area contributed by atoms with Crippen LogP contribution in [0, 0.1) is 0 Å². The van der Waals surface area contributed by atoms with Gasteiger partial charge in [0.15, 0.2) is 0 Å². The van der Waals surface area contributed by atoms with Crippen LogP contribution in [0.4, 0.5) is 5.69 Å². The predicted octanol–water partition coefficient (Wildman–Crippen LogP) is 2.53. The molecule has 1 aromatic carbocycles.